The van der Waals surface area contributed by atoms with E-state index < -0.39 is 0 Å². The second-order valence-electron chi connectivity index (χ2n) is 4.72. The molecule has 0 fully saturated rings. The quantitative estimate of drug-likeness (QED) is 0.557. The molecule has 1 heterocycles. The first kappa shape index (κ1) is 11.1. The van der Waals surface area contributed by atoms with Crippen molar-refractivity contribution in [3.05, 3.63) is 29.6 Å². The van der Waals surface area contributed by atoms with Crippen LogP contribution in [0.4, 0.5) is 0 Å². The second kappa shape index (κ2) is 4.07. The molecule has 0 radical (unpaired) electrons. The molecule has 1 unspecified atom stereocenters. The smallest absolute Gasteiger partial charge is 0.0680 e. The number of aromatic nitrogens is 1. The number of nitrogens with one attached hydrogen (secondary N) is 1. The lowest BCUT2D eigenvalue weighted by atomic mass is 9.85. The Morgan fingerprint density at radius 1 is 1.43 bits per heavy atom. The summed E-state index contributed by atoms with van der Waals surface area (Å²) in [6.07, 6.45) is 1.82. The first-order chi connectivity index (χ1) is 6.45. The minimum Gasteiger partial charge on any atom is -0.271 e. The van der Waals surface area contributed by atoms with E-state index in [0.29, 0.717) is 0 Å². The summed E-state index contributed by atoms with van der Waals surface area (Å²) >= 11 is 0. The summed E-state index contributed by atoms with van der Waals surface area (Å²) in [5.74, 6) is 5.55. The van der Waals surface area contributed by atoms with Gasteiger partial charge in [-0.15, -0.1) is 0 Å². The zero-order valence-electron chi connectivity index (χ0n) is 9.33. The summed E-state index contributed by atoms with van der Waals surface area (Å²) < 4.78 is 0. The standard InChI is InChI=1S/C11H19N3/c1-8-5-6-13-9(7-8)10(14-12)11(2,3)4/h5-7,10,14H,12H2,1-4H3. The SMILES string of the molecule is Cc1ccnc(C(NN)C(C)(C)C)c1. The van der Waals surface area contributed by atoms with Crippen LogP contribution in [0, 0.1) is 12.3 Å². The van der Waals surface area contributed by atoms with E-state index in [4.69, 9.17) is 5.84 Å². The van der Waals surface area contributed by atoms with Gasteiger partial charge in [0.25, 0.3) is 0 Å². The van der Waals surface area contributed by atoms with Gasteiger partial charge in [0.15, 0.2) is 0 Å². The van der Waals surface area contributed by atoms with Crippen LogP contribution in [0.1, 0.15) is 38.1 Å². The number of aryl methyl sites for hydroxylation is 1. The number of nitrogens with two attached hydrogens (primary N) is 1. The van der Waals surface area contributed by atoms with Crippen LogP contribution in [0.2, 0.25) is 0 Å². The van der Waals surface area contributed by atoms with E-state index in [2.05, 4.69) is 44.2 Å². The van der Waals surface area contributed by atoms with Crippen molar-refractivity contribution in [1.29, 1.82) is 0 Å². The minimum atomic E-state index is 0.0650. The Morgan fingerprint density at radius 3 is 2.50 bits per heavy atom. The summed E-state index contributed by atoms with van der Waals surface area (Å²) in [6.45, 7) is 8.48. The van der Waals surface area contributed by atoms with Crippen molar-refractivity contribution in [2.24, 2.45) is 11.3 Å². The Bertz CT molecular complexity index is 302. The molecule has 14 heavy (non-hydrogen) atoms. The Balaban J connectivity index is 3.01. The number of hydrazine groups is 1. The molecule has 3 heteroatoms. The molecule has 0 saturated heterocycles. The van der Waals surface area contributed by atoms with Crippen molar-refractivity contribution in [3.63, 3.8) is 0 Å². The van der Waals surface area contributed by atoms with Crippen molar-refractivity contribution in [1.82, 2.24) is 10.4 Å². The van der Waals surface area contributed by atoms with Crippen molar-refractivity contribution in [3.8, 4) is 0 Å². The average Bonchev–Trinajstić information content (AvgIpc) is 2.02. The highest BCUT2D eigenvalue weighted by molar-refractivity contribution is 5.18. The highest BCUT2D eigenvalue weighted by atomic mass is 15.2. The van der Waals surface area contributed by atoms with Crippen molar-refractivity contribution in [2.45, 2.75) is 33.7 Å². The van der Waals surface area contributed by atoms with Crippen molar-refractivity contribution in [2.75, 3.05) is 0 Å². The Morgan fingerprint density at radius 2 is 2.07 bits per heavy atom. The van der Waals surface area contributed by atoms with Gasteiger partial charge in [0.1, 0.15) is 0 Å². The molecule has 0 aliphatic heterocycles. The fraction of sp³-hybridized carbons (Fsp3) is 0.545. The number of hydrogen-bond donors (Lipinski definition) is 2. The molecule has 1 atom stereocenters. The summed E-state index contributed by atoms with van der Waals surface area (Å²) in [4.78, 5) is 4.33. The second-order valence-corrected chi connectivity index (χ2v) is 4.72. The van der Waals surface area contributed by atoms with Crippen molar-refractivity contribution >= 4 is 0 Å². The summed E-state index contributed by atoms with van der Waals surface area (Å²) in [7, 11) is 0. The third-order valence-corrected chi connectivity index (χ3v) is 2.27. The molecular weight excluding hydrogens is 174 g/mol. The monoisotopic (exact) mass is 193 g/mol. The van der Waals surface area contributed by atoms with Crippen LogP contribution < -0.4 is 11.3 Å². The Hall–Kier alpha value is -0.930. The molecule has 0 bridgehead atoms. The molecular formula is C11H19N3. The van der Waals surface area contributed by atoms with Crippen LogP contribution in [0.15, 0.2) is 18.3 Å². The molecule has 0 aliphatic carbocycles. The molecule has 1 rings (SSSR count). The van der Waals surface area contributed by atoms with Crippen LogP contribution in [0.5, 0.6) is 0 Å². The maximum absolute atomic E-state index is 5.55. The van der Waals surface area contributed by atoms with Gasteiger partial charge in [-0.05, 0) is 30.0 Å². The molecule has 1 aromatic heterocycles. The summed E-state index contributed by atoms with van der Waals surface area (Å²) in [5, 5.41) is 0. The average molecular weight is 193 g/mol. The highest BCUT2D eigenvalue weighted by Gasteiger charge is 2.25. The fourth-order valence-electron chi connectivity index (χ4n) is 1.50. The highest BCUT2D eigenvalue weighted by Crippen LogP contribution is 2.30. The van der Waals surface area contributed by atoms with Gasteiger partial charge in [-0.1, -0.05) is 20.8 Å². The lowest BCUT2D eigenvalue weighted by Gasteiger charge is -2.29. The predicted molar refractivity (Wildman–Crippen MR) is 58.5 cm³/mol. The summed E-state index contributed by atoms with van der Waals surface area (Å²) in [5.41, 5.74) is 5.10. The molecule has 3 N–H and O–H groups in total. The van der Waals surface area contributed by atoms with Gasteiger partial charge < -0.3 is 0 Å². The van der Waals surface area contributed by atoms with Crippen molar-refractivity contribution < 1.29 is 0 Å². The first-order valence-electron chi connectivity index (χ1n) is 4.84. The van der Waals surface area contributed by atoms with Gasteiger partial charge in [0, 0.05) is 6.20 Å². The van der Waals surface area contributed by atoms with Crippen LogP contribution in [0.25, 0.3) is 0 Å². The normalized spacial score (nSPS) is 14.1. The number of pyridine rings is 1. The maximum atomic E-state index is 5.55. The molecule has 0 saturated carbocycles. The zero-order valence-corrected chi connectivity index (χ0v) is 9.33. The summed E-state index contributed by atoms with van der Waals surface area (Å²) in [6, 6.07) is 4.14. The molecule has 1 aromatic rings. The van der Waals surface area contributed by atoms with Gasteiger partial charge in [0.2, 0.25) is 0 Å². The minimum absolute atomic E-state index is 0.0650. The van der Waals surface area contributed by atoms with Gasteiger partial charge >= 0.3 is 0 Å². The third-order valence-electron chi connectivity index (χ3n) is 2.27. The van der Waals surface area contributed by atoms with Gasteiger partial charge in [-0.3, -0.25) is 16.3 Å². The fourth-order valence-corrected chi connectivity index (χ4v) is 1.50. The van der Waals surface area contributed by atoms with Gasteiger partial charge in [-0.25, -0.2) is 0 Å². The molecule has 0 spiro atoms. The Labute approximate surface area is 85.7 Å². The van der Waals surface area contributed by atoms with E-state index in [0.717, 1.165) is 5.69 Å². The van der Waals surface area contributed by atoms with E-state index in [9.17, 15) is 0 Å². The predicted octanol–water partition coefficient (Wildman–Crippen LogP) is 1.94. The molecule has 3 nitrogen and oxygen atoms in total. The number of hydrogen-bond acceptors (Lipinski definition) is 3. The Kier molecular flexibility index (Phi) is 3.24. The maximum Gasteiger partial charge on any atom is 0.0680 e. The molecule has 0 aliphatic rings. The topological polar surface area (TPSA) is 50.9 Å². The third kappa shape index (κ3) is 2.53. The van der Waals surface area contributed by atoms with Crippen LogP contribution in [-0.4, -0.2) is 4.98 Å². The van der Waals surface area contributed by atoms with Crippen LogP contribution in [0.3, 0.4) is 0 Å². The van der Waals surface area contributed by atoms with Crippen LogP contribution in [-0.2, 0) is 0 Å². The van der Waals surface area contributed by atoms with Gasteiger partial charge in [0.05, 0.1) is 11.7 Å². The lowest BCUT2D eigenvalue weighted by Crippen LogP contribution is -2.37. The first-order valence-corrected chi connectivity index (χ1v) is 4.84. The van der Waals surface area contributed by atoms with E-state index in [1.165, 1.54) is 5.56 Å². The van der Waals surface area contributed by atoms with E-state index in [1.54, 1.807) is 0 Å². The van der Waals surface area contributed by atoms with Gasteiger partial charge in [-0.2, -0.15) is 0 Å². The van der Waals surface area contributed by atoms with E-state index in [-0.39, 0.29) is 11.5 Å². The molecule has 0 aromatic carbocycles. The van der Waals surface area contributed by atoms with E-state index in [1.807, 2.05) is 12.3 Å². The van der Waals surface area contributed by atoms with E-state index >= 15 is 0 Å². The zero-order chi connectivity index (χ0) is 10.8. The number of nitrogens with zero attached hydrogens (tertiary/aromatic N) is 1. The molecule has 0 amide bonds. The lowest BCUT2D eigenvalue weighted by molar-refractivity contribution is 0.270. The largest absolute Gasteiger partial charge is 0.271 e. The van der Waals surface area contributed by atoms with Crippen LogP contribution >= 0.6 is 0 Å². The number of rotatable bonds is 2. The molecule has 78 valence electrons.